The van der Waals surface area contributed by atoms with E-state index in [4.69, 9.17) is 4.74 Å². The summed E-state index contributed by atoms with van der Waals surface area (Å²) in [6.07, 6.45) is 1.07. The summed E-state index contributed by atoms with van der Waals surface area (Å²) in [7, 11) is -0.870. The second-order valence-electron chi connectivity index (χ2n) is 8.63. The van der Waals surface area contributed by atoms with Crippen LogP contribution in [0.15, 0.2) is 36.4 Å². The lowest BCUT2D eigenvalue weighted by Crippen LogP contribution is -2.57. The van der Waals surface area contributed by atoms with Crippen molar-refractivity contribution in [3.05, 3.63) is 53.6 Å². The minimum atomic E-state index is -3.78. The fourth-order valence-electron chi connectivity index (χ4n) is 4.98. The van der Waals surface area contributed by atoms with Crippen molar-refractivity contribution in [2.24, 2.45) is 0 Å². The van der Waals surface area contributed by atoms with E-state index < -0.39 is 33.1 Å². The summed E-state index contributed by atoms with van der Waals surface area (Å²) in [5, 5.41) is 9.74. The molecule has 10 heteroatoms. The van der Waals surface area contributed by atoms with Crippen molar-refractivity contribution < 1.29 is 27.0 Å². The van der Waals surface area contributed by atoms with Crippen LogP contribution in [0.3, 0.4) is 0 Å². The molecular formula is C22H27F2N3O4S. The summed E-state index contributed by atoms with van der Waals surface area (Å²) in [6.45, 7) is 3.31. The first-order valence-electron chi connectivity index (χ1n) is 10.4. The molecule has 2 aliphatic heterocycles. The van der Waals surface area contributed by atoms with E-state index in [0.717, 1.165) is 0 Å². The highest BCUT2D eigenvalue weighted by Gasteiger charge is 2.55. The number of rotatable bonds is 4. The number of halogens is 2. The molecule has 2 atom stereocenters. The van der Waals surface area contributed by atoms with Gasteiger partial charge in [-0.2, -0.15) is 12.7 Å². The molecule has 2 fully saturated rings. The number of hydrogen-bond acceptors (Lipinski definition) is 5. The Labute approximate surface area is 187 Å². The topological polar surface area (TPSA) is 73.3 Å². The van der Waals surface area contributed by atoms with E-state index >= 15 is 0 Å². The van der Waals surface area contributed by atoms with Gasteiger partial charge in [0.25, 0.3) is 0 Å². The summed E-state index contributed by atoms with van der Waals surface area (Å²) < 4.78 is 62.0. The highest BCUT2D eigenvalue weighted by molar-refractivity contribution is 7.90. The maximum absolute atomic E-state index is 14.1. The second kappa shape index (κ2) is 8.17. The number of anilines is 1. The molecule has 4 rings (SSSR count). The molecule has 2 saturated heterocycles. The summed E-state index contributed by atoms with van der Waals surface area (Å²) in [4.78, 5) is 2.14. The predicted molar refractivity (Wildman–Crippen MR) is 117 cm³/mol. The van der Waals surface area contributed by atoms with Crippen LogP contribution in [-0.2, 0) is 16.8 Å². The molecular weight excluding hydrogens is 440 g/mol. The van der Waals surface area contributed by atoms with Crippen molar-refractivity contribution in [2.45, 2.75) is 37.9 Å². The van der Waals surface area contributed by atoms with Crippen molar-refractivity contribution in [3.8, 4) is 11.5 Å². The fraction of sp³-hybridized carbons (Fsp3) is 0.455. The van der Waals surface area contributed by atoms with Crippen LogP contribution in [0.1, 0.15) is 25.3 Å². The van der Waals surface area contributed by atoms with Gasteiger partial charge in [0.15, 0.2) is 17.3 Å². The first kappa shape index (κ1) is 22.8. The Bertz CT molecular complexity index is 1130. The zero-order valence-corrected chi connectivity index (χ0v) is 19.1. The van der Waals surface area contributed by atoms with Crippen molar-refractivity contribution >= 4 is 15.9 Å². The van der Waals surface area contributed by atoms with Crippen LogP contribution in [0.5, 0.6) is 11.5 Å². The van der Waals surface area contributed by atoms with Crippen molar-refractivity contribution in [1.29, 1.82) is 0 Å². The van der Waals surface area contributed by atoms with Crippen LogP contribution in [0, 0.1) is 11.6 Å². The van der Waals surface area contributed by atoms with E-state index in [1.165, 1.54) is 40.0 Å². The molecule has 7 nitrogen and oxygen atoms in total. The number of piperidine rings is 1. The van der Waals surface area contributed by atoms with Crippen molar-refractivity contribution in [1.82, 2.24) is 9.21 Å². The van der Waals surface area contributed by atoms with E-state index in [-0.39, 0.29) is 11.8 Å². The summed E-state index contributed by atoms with van der Waals surface area (Å²) >= 11 is 0. The first-order valence-corrected chi connectivity index (χ1v) is 11.8. The number of hydrogen-bond donors (Lipinski definition) is 1. The Hall–Kier alpha value is -2.43. The number of aromatic hydroxyl groups is 1. The van der Waals surface area contributed by atoms with Gasteiger partial charge >= 0.3 is 10.2 Å². The molecule has 2 aromatic carbocycles. The Kier molecular flexibility index (Phi) is 5.81. The van der Waals surface area contributed by atoms with Gasteiger partial charge in [-0.3, -0.25) is 9.21 Å². The van der Waals surface area contributed by atoms with Crippen LogP contribution < -0.4 is 9.04 Å². The molecule has 1 spiro atoms. The zero-order chi connectivity index (χ0) is 23.3. The third-order valence-electron chi connectivity index (χ3n) is 6.47. The summed E-state index contributed by atoms with van der Waals surface area (Å²) in [6, 6.07) is 8.52. The van der Waals surface area contributed by atoms with Crippen LogP contribution in [-0.4, -0.2) is 61.6 Å². The molecule has 0 saturated carbocycles. The number of likely N-dealkylation sites (N-methyl/N-ethyl adjacent to an activating group) is 1. The molecule has 2 aromatic rings. The molecule has 0 aliphatic carbocycles. The lowest BCUT2D eigenvalue weighted by atomic mass is 9.82. The molecule has 1 N–H and O–H groups in total. The summed E-state index contributed by atoms with van der Waals surface area (Å²) in [5.74, 6) is -1.69. The van der Waals surface area contributed by atoms with Crippen LogP contribution in [0.2, 0.25) is 0 Å². The Balaban J connectivity index is 1.61. The Morgan fingerprint density at radius 1 is 1.25 bits per heavy atom. The van der Waals surface area contributed by atoms with Gasteiger partial charge in [0.05, 0.1) is 18.3 Å². The number of phenols is 1. The quantitative estimate of drug-likeness (QED) is 0.748. The number of phenolic OH excluding ortho intramolecular Hbond substituents is 1. The average Bonchev–Trinajstić information content (AvgIpc) is 2.91. The highest BCUT2D eigenvalue weighted by atomic mass is 32.2. The highest BCUT2D eigenvalue weighted by Crippen LogP contribution is 2.44. The molecule has 2 aliphatic rings. The van der Waals surface area contributed by atoms with Gasteiger partial charge in [0, 0.05) is 32.7 Å². The molecule has 0 bridgehead atoms. The number of methoxy groups -OCH3 is 1. The molecule has 0 amide bonds. The minimum Gasteiger partial charge on any atom is -0.502 e. The lowest BCUT2D eigenvalue weighted by molar-refractivity contribution is 0.100. The van der Waals surface area contributed by atoms with E-state index in [0.29, 0.717) is 43.7 Å². The Morgan fingerprint density at radius 2 is 2.00 bits per heavy atom. The molecule has 0 aromatic heterocycles. The molecule has 0 unspecified atom stereocenters. The monoisotopic (exact) mass is 467 g/mol. The smallest absolute Gasteiger partial charge is 0.304 e. The van der Waals surface area contributed by atoms with Gasteiger partial charge in [-0.25, -0.2) is 8.78 Å². The standard InChI is InChI=1S/C22H27F2N3O4S/c1-15-12-22(7-8-26(15)13-16-9-19(24)21(28)20(10-16)31-3)14-25(2)32(29,30)27(22)18-6-4-5-17(23)11-18/h4-6,9-11,15,28H,7-8,12-14H2,1-3H3/t15-,22+/m0/s1. The molecule has 2 heterocycles. The van der Waals surface area contributed by atoms with Gasteiger partial charge in [-0.1, -0.05) is 6.07 Å². The van der Waals surface area contributed by atoms with Crippen LogP contribution in [0.25, 0.3) is 0 Å². The maximum Gasteiger partial charge on any atom is 0.304 e. The van der Waals surface area contributed by atoms with Crippen molar-refractivity contribution in [3.63, 3.8) is 0 Å². The van der Waals surface area contributed by atoms with Crippen LogP contribution >= 0.6 is 0 Å². The molecule has 32 heavy (non-hydrogen) atoms. The van der Waals surface area contributed by atoms with Gasteiger partial charge in [-0.05, 0) is 55.7 Å². The van der Waals surface area contributed by atoms with Gasteiger partial charge in [-0.15, -0.1) is 0 Å². The molecule has 0 radical (unpaired) electrons. The number of benzene rings is 2. The fourth-order valence-corrected chi connectivity index (χ4v) is 6.75. The van der Waals surface area contributed by atoms with E-state index in [1.54, 1.807) is 19.2 Å². The lowest BCUT2D eigenvalue weighted by Gasteiger charge is -2.47. The number of likely N-dealkylation sites (tertiary alicyclic amines) is 1. The third kappa shape index (κ3) is 3.80. The van der Waals surface area contributed by atoms with Crippen LogP contribution in [0.4, 0.5) is 14.5 Å². The normalized spacial score (nSPS) is 26.0. The van der Waals surface area contributed by atoms with Gasteiger partial charge in [0.1, 0.15) is 5.82 Å². The maximum atomic E-state index is 14.1. The Morgan fingerprint density at radius 3 is 2.66 bits per heavy atom. The molecule has 174 valence electrons. The number of ether oxygens (including phenoxy) is 1. The number of nitrogens with zero attached hydrogens (tertiary/aromatic N) is 3. The van der Waals surface area contributed by atoms with Crippen molar-refractivity contribution in [2.75, 3.05) is 31.6 Å². The van der Waals surface area contributed by atoms with Gasteiger partial charge in [0.2, 0.25) is 0 Å². The average molecular weight is 468 g/mol. The summed E-state index contributed by atoms with van der Waals surface area (Å²) in [5.41, 5.74) is 0.272. The first-order chi connectivity index (χ1) is 15.1. The zero-order valence-electron chi connectivity index (χ0n) is 18.3. The second-order valence-corrected chi connectivity index (χ2v) is 10.5. The predicted octanol–water partition coefficient (Wildman–Crippen LogP) is 3.10. The third-order valence-corrected chi connectivity index (χ3v) is 8.45. The van der Waals surface area contributed by atoms with E-state index in [1.807, 2.05) is 6.92 Å². The minimum absolute atomic E-state index is 0.0237. The van der Waals surface area contributed by atoms with Gasteiger partial charge < -0.3 is 9.84 Å². The van der Waals surface area contributed by atoms with E-state index in [9.17, 15) is 22.3 Å². The van der Waals surface area contributed by atoms with E-state index in [2.05, 4.69) is 4.90 Å². The SMILES string of the molecule is COc1cc(CN2CC[C@@]3(C[C@@H]2C)CN(C)S(=O)(=O)N3c2cccc(F)c2)cc(F)c1O. The largest absolute Gasteiger partial charge is 0.502 e.